The summed E-state index contributed by atoms with van der Waals surface area (Å²) in [5, 5.41) is 18.3. The highest BCUT2D eigenvalue weighted by Gasteiger charge is 2.55. The molecule has 0 radical (unpaired) electrons. The van der Waals surface area contributed by atoms with Crippen LogP contribution in [0.2, 0.25) is 0 Å². The average Bonchev–Trinajstić information content (AvgIpc) is 2.17. The van der Waals surface area contributed by atoms with E-state index >= 15 is 0 Å². The second-order valence-corrected chi connectivity index (χ2v) is 4.48. The first-order valence-electron chi connectivity index (χ1n) is 4.98. The first-order valence-corrected chi connectivity index (χ1v) is 4.98. The van der Waals surface area contributed by atoms with E-state index in [9.17, 15) is 14.7 Å². The van der Waals surface area contributed by atoms with Gasteiger partial charge in [0.1, 0.15) is 5.54 Å². The van der Waals surface area contributed by atoms with Crippen molar-refractivity contribution >= 4 is 11.9 Å². The van der Waals surface area contributed by atoms with Crippen molar-refractivity contribution in [2.45, 2.75) is 31.2 Å². The topological polar surface area (TPSA) is 98.7 Å². The van der Waals surface area contributed by atoms with E-state index in [0.29, 0.717) is 19.3 Å². The Morgan fingerprint density at radius 1 is 1.13 bits per heavy atom. The highest BCUT2D eigenvalue weighted by molar-refractivity contribution is 5.83. The Balaban J connectivity index is 2.32. The van der Waals surface area contributed by atoms with Crippen LogP contribution in [0.1, 0.15) is 25.7 Å². The number of carboxylic acid groups (broad SMARTS) is 2. The summed E-state index contributed by atoms with van der Waals surface area (Å²) < 4.78 is 0. The van der Waals surface area contributed by atoms with Gasteiger partial charge in [-0.15, -0.1) is 0 Å². The summed E-state index contributed by atoms with van der Waals surface area (Å²) in [4.78, 5) is 22.3. The van der Waals surface area contributed by atoms with E-state index in [1.165, 1.54) is 0 Å². The molecule has 0 aromatic rings. The van der Waals surface area contributed by atoms with Crippen LogP contribution < -0.4 is 10.9 Å². The number of rotatable bonds is 2. The van der Waals surface area contributed by atoms with Crippen molar-refractivity contribution in [3.05, 3.63) is 0 Å². The molecule has 1 aliphatic carbocycles. The van der Waals surface area contributed by atoms with Gasteiger partial charge in [-0.2, -0.15) is 0 Å². The second kappa shape index (κ2) is 3.18. The van der Waals surface area contributed by atoms with Crippen molar-refractivity contribution in [2.24, 2.45) is 5.41 Å². The second-order valence-electron chi connectivity index (χ2n) is 4.48. The van der Waals surface area contributed by atoms with Gasteiger partial charge in [0, 0.05) is 6.54 Å². The molecular formula is C9H14N2O4. The number of carboxylic acids is 2. The van der Waals surface area contributed by atoms with Gasteiger partial charge in [0.2, 0.25) is 0 Å². The highest BCUT2D eigenvalue weighted by atomic mass is 16.4. The van der Waals surface area contributed by atoms with Gasteiger partial charge in [0.15, 0.2) is 0 Å². The molecule has 1 aliphatic heterocycles. The minimum absolute atomic E-state index is 0.164. The predicted molar refractivity (Wildman–Crippen MR) is 50.0 cm³/mol. The maximum atomic E-state index is 11.2. The largest absolute Gasteiger partial charge is 0.481 e. The van der Waals surface area contributed by atoms with Crippen LogP contribution in [-0.4, -0.2) is 34.2 Å². The standard InChI is InChI=1S/C9H14N2O4/c12-6(13)8-2-1-3-9(4-8,7(14)15)11-10-5-8/h10-11H,1-5H2,(H,12,13)(H,14,15). The number of aliphatic carboxylic acids is 2. The number of carbonyl (C=O) groups is 2. The van der Waals surface area contributed by atoms with Gasteiger partial charge >= 0.3 is 11.9 Å². The van der Waals surface area contributed by atoms with Gasteiger partial charge in [-0.1, -0.05) is 0 Å². The number of fused-ring (bicyclic) bond motifs is 2. The summed E-state index contributed by atoms with van der Waals surface area (Å²) in [6.45, 7) is 0.289. The van der Waals surface area contributed by atoms with Gasteiger partial charge in [-0.25, -0.2) is 5.43 Å². The van der Waals surface area contributed by atoms with Crippen LogP contribution in [0, 0.1) is 5.41 Å². The quantitative estimate of drug-likeness (QED) is 0.497. The van der Waals surface area contributed by atoms with E-state index in [1.807, 2.05) is 0 Å². The number of hydrazine groups is 1. The van der Waals surface area contributed by atoms with Gasteiger partial charge in [0.05, 0.1) is 5.41 Å². The zero-order valence-corrected chi connectivity index (χ0v) is 8.25. The third kappa shape index (κ3) is 1.40. The molecule has 2 bridgehead atoms. The lowest BCUT2D eigenvalue weighted by Gasteiger charge is -2.48. The van der Waals surface area contributed by atoms with E-state index in [4.69, 9.17) is 5.11 Å². The van der Waals surface area contributed by atoms with Crippen molar-refractivity contribution in [3.63, 3.8) is 0 Å². The fourth-order valence-electron chi connectivity index (χ4n) is 2.62. The highest BCUT2D eigenvalue weighted by Crippen LogP contribution is 2.43. The van der Waals surface area contributed by atoms with Crippen LogP contribution in [-0.2, 0) is 9.59 Å². The third-order valence-electron chi connectivity index (χ3n) is 3.52. The summed E-state index contributed by atoms with van der Waals surface area (Å²) in [5.41, 5.74) is 3.43. The smallest absolute Gasteiger partial charge is 0.325 e. The summed E-state index contributed by atoms with van der Waals surface area (Å²) >= 11 is 0. The summed E-state index contributed by atoms with van der Waals surface area (Å²) in [6, 6.07) is 0. The first-order chi connectivity index (χ1) is 7.01. The minimum Gasteiger partial charge on any atom is -0.481 e. The molecule has 1 saturated carbocycles. The summed E-state index contributed by atoms with van der Waals surface area (Å²) in [6.07, 6.45) is 1.82. The lowest BCUT2D eigenvalue weighted by molar-refractivity contribution is -0.163. The van der Waals surface area contributed by atoms with Crippen molar-refractivity contribution in [1.29, 1.82) is 0 Å². The minimum atomic E-state index is -1.10. The molecular weight excluding hydrogens is 200 g/mol. The number of nitrogens with one attached hydrogen (secondary N) is 2. The Hall–Kier alpha value is -1.14. The van der Waals surface area contributed by atoms with Crippen LogP contribution >= 0.6 is 0 Å². The van der Waals surface area contributed by atoms with Gasteiger partial charge < -0.3 is 10.2 Å². The van der Waals surface area contributed by atoms with Crippen LogP contribution in [0.15, 0.2) is 0 Å². The molecule has 15 heavy (non-hydrogen) atoms. The molecule has 0 aromatic heterocycles. The SMILES string of the molecule is O=C(O)C12CCCC(C(=O)O)(C1)NNC2. The molecule has 2 aliphatic rings. The molecule has 0 spiro atoms. The Morgan fingerprint density at radius 3 is 2.47 bits per heavy atom. The van der Waals surface area contributed by atoms with Crippen LogP contribution in [0.4, 0.5) is 0 Å². The predicted octanol–water partition coefficient (Wildman–Crippen LogP) is -0.437. The van der Waals surface area contributed by atoms with Crippen LogP contribution in [0.5, 0.6) is 0 Å². The molecule has 6 nitrogen and oxygen atoms in total. The summed E-state index contributed by atoms with van der Waals surface area (Å²) in [5.74, 6) is -1.87. The Bertz CT molecular complexity index is 277. The van der Waals surface area contributed by atoms with Gasteiger partial charge in [0.25, 0.3) is 0 Å². The maximum Gasteiger partial charge on any atom is 0.325 e. The van der Waals surface area contributed by atoms with E-state index in [1.54, 1.807) is 0 Å². The van der Waals surface area contributed by atoms with Crippen molar-refractivity contribution in [3.8, 4) is 0 Å². The Kier molecular flexibility index (Phi) is 2.20. The van der Waals surface area contributed by atoms with Crippen molar-refractivity contribution in [2.75, 3.05) is 6.54 Å². The fourth-order valence-corrected chi connectivity index (χ4v) is 2.62. The maximum absolute atomic E-state index is 11.2. The number of hydrogen-bond acceptors (Lipinski definition) is 4. The first kappa shape index (κ1) is 10.4. The lowest BCUT2D eigenvalue weighted by Crippen LogP contribution is -2.69. The van der Waals surface area contributed by atoms with Crippen LogP contribution in [0.3, 0.4) is 0 Å². The van der Waals surface area contributed by atoms with Crippen molar-refractivity contribution < 1.29 is 19.8 Å². The van der Waals surface area contributed by atoms with Gasteiger partial charge in [-0.3, -0.25) is 15.0 Å². The van der Waals surface area contributed by atoms with Gasteiger partial charge in [-0.05, 0) is 25.7 Å². The molecule has 2 atom stereocenters. The number of hydrogen-bond donors (Lipinski definition) is 4. The zero-order chi connectivity index (χ0) is 11.1. The average molecular weight is 214 g/mol. The zero-order valence-electron chi connectivity index (χ0n) is 8.25. The molecule has 2 unspecified atom stereocenters. The molecule has 1 heterocycles. The fraction of sp³-hybridized carbons (Fsp3) is 0.778. The summed E-state index contributed by atoms with van der Waals surface area (Å²) in [7, 11) is 0. The lowest BCUT2D eigenvalue weighted by atomic mass is 9.65. The van der Waals surface area contributed by atoms with E-state index in [2.05, 4.69) is 10.9 Å². The molecule has 6 heteroatoms. The molecule has 2 rings (SSSR count). The van der Waals surface area contributed by atoms with E-state index in [0.717, 1.165) is 0 Å². The molecule has 0 aromatic carbocycles. The van der Waals surface area contributed by atoms with E-state index in [-0.39, 0.29) is 13.0 Å². The normalized spacial score (nSPS) is 39.7. The Labute approximate surface area is 86.6 Å². The monoisotopic (exact) mass is 214 g/mol. The third-order valence-corrected chi connectivity index (χ3v) is 3.52. The molecule has 0 amide bonds. The molecule has 4 N–H and O–H groups in total. The van der Waals surface area contributed by atoms with E-state index < -0.39 is 22.9 Å². The molecule has 2 fully saturated rings. The Morgan fingerprint density at radius 2 is 1.87 bits per heavy atom. The molecule has 1 saturated heterocycles. The van der Waals surface area contributed by atoms with Crippen LogP contribution in [0.25, 0.3) is 0 Å². The molecule has 84 valence electrons. The van der Waals surface area contributed by atoms with Crippen molar-refractivity contribution in [1.82, 2.24) is 10.9 Å².